The van der Waals surface area contributed by atoms with Crippen LogP contribution in [-0.4, -0.2) is 93.8 Å². The molecule has 1 aromatic carbocycles. The van der Waals surface area contributed by atoms with Gasteiger partial charge in [-0.15, -0.1) is 0 Å². The Balaban J connectivity index is 1.15. The number of aryl methyl sites for hydroxylation is 2. The first-order chi connectivity index (χ1) is 26.8. The van der Waals surface area contributed by atoms with E-state index in [9.17, 15) is 27.6 Å². The van der Waals surface area contributed by atoms with E-state index >= 15 is 0 Å². The lowest BCUT2D eigenvalue weighted by Crippen LogP contribution is -2.58. The SMILES string of the molecule is CCc1nc2ccc(OC)cc2c2c1O[C@]1(CC2)C[C@H]2C(=O)N[C@]3(C(=O)NS(=O)(=O)C4(C)CC4)C[C@H]3C=CCCCCC[C@H](NC(=O)c3cn[nH]c3)C(=O)N2C1. The van der Waals surface area contributed by atoms with Gasteiger partial charge in [-0.25, -0.2) is 13.4 Å². The minimum atomic E-state index is -3.99. The van der Waals surface area contributed by atoms with Gasteiger partial charge in [0.05, 0.1) is 41.4 Å². The molecule has 8 rings (SSSR count). The summed E-state index contributed by atoms with van der Waals surface area (Å²) in [7, 11) is -2.38. The van der Waals surface area contributed by atoms with Gasteiger partial charge in [-0.05, 0) is 82.9 Å². The number of allylic oxidation sites excluding steroid dienone is 1. The summed E-state index contributed by atoms with van der Waals surface area (Å²) < 4.78 is 40.2. The summed E-state index contributed by atoms with van der Waals surface area (Å²) in [6.45, 7) is 3.65. The number of sulfonamides is 1. The molecule has 5 heterocycles. The molecule has 3 aliphatic heterocycles. The number of nitrogens with one attached hydrogen (secondary N) is 4. The van der Waals surface area contributed by atoms with Crippen molar-refractivity contribution >= 4 is 44.6 Å². The summed E-state index contributed by atoms with van der Waals surface area (Å²) in [5.74, 6) is -1.39. The molecule has 16 heteroatoms. The number of fused-ring (bicyclic) bond motifs is 5. The Labute approximate surface area is 325 Å². The van der Waals surface area contributed by atoms with E-state index in [2.05, 4.69) is 25.6 Å². The second-order valence-corrected chi connectivity index (χ2v) is 18.5. The van der Waals surface area contributed by atoms with Gasteiger partial charge in [0, 0.05) is 29.5 Å². The lowest BCUT2D eigenvalue weighted by Gasteiger charge is -2.37. The Hall–Kier alpha value is -4.99. The van der Waals surface area contributed by atoms with Crippen LogP contribution in [0.5, 0.6) is 11.5 Å². The molecule has 2 aliphatic carbocycles. The van der Waals surface area contributed by atoms with Gasteiger partial charge in [0.1, 0.15) is 34.7 Å². The molecule has 298 valence electrons. The minimum absolute atomic E-state index is 0.0516. The highest BCUT2D eigenvalue weighted by atomic mass is 32.2. The molecule has 2 aromatic heterocycles. The number of amides is 4. The third-order valence-corrected chi connectivity index (χ3v) is 14.6. The lowest BCUT2D eigenvalue weighted by molar-refractivity contribution is -0.141. The average molecular weight is 788 g/mol. The number of hydrogen-bond donors (Lipinski definition) is 4. The van der Waals surface area contributed by atoms with Crippen LogP contribution in [0, 0.1) is 5.92 Å². The van der Waals surface area contributed by atoms with Crippen molar-refractivity contribution in [1.29, 1.82) is 0 Å². The van der Waals surface area contributed by atoms with E-state index in [-0.39, 0.29) is 24.9 Å². The monoisotopic (exact) mass is 787 g/mol. The number of H-pyrrole nitrogens is 1. The van der Waals surface area contributed by atoms with Crippen molar-refractivity contribution in [3.05, 3.63) is 59.6 Å². The van der Waals surface area contributed by atoms with E-state index in [1.807, 2.05) is 37.3 Å². The smallest absolute Gasteiger partial charge is 0.259 e. The quantitative estimate of drug-likeness (QED) is 0.257. The Bertz CT molecular complexity index is 2220. The largest absolute Gasteiger partial charge is 0.497 e. The number of carbonyl (C=O) groups excluding carboxylic acids is 4. The van der Waals surface area contributed by atoms with E-state index in [4.69, 9.17) is 14.5 Å². The highest BCUT2D eigenvalue weighted by Gasteiger charge is 2.64. The lowest BCUT2D eigenvalue weighted by atomic mass is 9.87. The molecule has 4 amide bonds. The molecule has 1 spiro atoms. The predicted octanol–water partition coefficient (Wildman–Crippen LogP) is 3.39. The van der Waals surface area contributed by atoms with Crippen LogP contribution in [0.2, 0.25) is 0 Å². The third-order valence-electron chi connectivity index (χ3n) is 12.5. The number of aromatic nitrogens is 3. The Morgan fingerprint density at radius 2 is 1.95 bits per heavy atom. The Morgan fingerprint density at radius 1 is 1.12 bits per heavy atom. The molecule has 0 bridgehead atoms. The fourth-order valence-electron chi connectivity index (χ4n) is 8.56. The van der Waals surface area contributed by atoms with Gasteiger partial charge in [0.25, 0.3) is 11.8 Å². The van der Waals surface area contributed by atoms with Gasteiger partial charge in [0.2, 0.25) is 21.8 Å². The maximum absolute atomic E-state index is 14.8. The van der Waals surface area contributed by atoms with Crippen molar-refractivity contribution in [2.24, 2.45) is 5.92 Å². The summed E-state index contributed by atoms with van der Waals surface area (Å²) in [6.07, 6.45) is 12.8. The number of aromatic amines is 1. The van der Waals surface area contributed by atoms with Crippen molar-refractivity contribution in [2.45, 2.75) is 119 Å². The molecule has 3 aromatic rings. The third kappa shape index (κ3) is 6.79. The van der Waals surface area contributed by atoms with Crippen LogP contribution < -0.4 is 24.8 Å². The summed E-state index contributed by atoms with van der Waals surface area (Å²) >= 11 is 0. The van der Waals surface area contributed by atoms with Gasteiger partial charge in [0.15, 0.2) is 0 Å². The maximum atomic E-state index is 14.8. The van der Waals surface area contributed by atoms with Crippen LogP contribution in [0.4, 0.5) is 0 Å². The van der Waals surface area contributed by atoms with Gasteiger partial charge >= 0.3 is 0 Å². The molecular formula is C40H49N7O8S. The summed E-state index contributed by atoms with van der Waals surface area (Å²) in [5, 5.41) is 13.3. The van der Waals surface area contributed by atoms with Crippen LogP contribution in [-0.2, 0) is 37.2 Å². The summed E-state index contributed by atoms with van der Waals surface area (Å²) in [4.78, 5) is 63.3. The zero-order valence-electron chi connectivity index (χ0n) is 32.0. The number of ether oxygens (including phenoxy) is 2. The van der Waals surface area contributed by atoms with Crippen molar-refractivity contribution in [3.8, 4) is 11.5 Å². The van der Waals surface area contributed by atoms with Gasteiger partial charge in [-0.1, -0.05) is 31.9 Å². The molecule has 5 atom stereocenters. The standard InChI is InChI=1S/C40H49N7O8S/c1-4-29-33-27(28-18-26(54-3)12-13-30(28)43-29)14-15-39(55-33)20-32-35(49)45-40(37(51)46-56(52,53)38(2)16-17-38)19-25(40)10-8-6-5-7-9-11-31(36(50)47(32)23-39)44-34(48)24-21-41-42-22-24/h8,10,12-13,18,21-22,25,31-32H,4-7,9,11,14-17,19-20,23H2,1-3H3,(H,41,42)(H,44,48)(H,45,49)(H,46,51)/t25-,31+,32+,39-,40-/m1/s1. The van der Waals surface area contributed by atoms with Crippen LogP contribution in [0.1, 0.15) is 99.7 Å². The molecule has 2 saturated carbocycles. The number of nitrogens with zero attached hydrogens (tertiary/aromatic N) is 3. The summed E-state index contributed by atoms with van der Waals surface area (Å²) in [6, 6.07) is 3.69. The van der Waals surface area contributed by atoms with Crippen LogP contribution >= 0.6 is 0 Å². The van der Waals surface area contributed by atoms with Crippen molar-refractivity contribution in [1.82, 2.24) is 35.4 Å². The average Bonchev–Trinajstić information content (AvgIpc) is 3.96. The maximum Gasteiger partial charge on any atom is 0.259 e. The molecule has 1 saturated heterocycles. The van der Waals surface area contributed by atoms with E-state index in [0.717, 1.165) is 35.0 Å². The van der Waals surface area contributed by atoms with Gasteiger partial charge in [-0.2, -0.15) is 5.10 Å². The van der Waals surface area contributed by atoms with Crippen LogP contribution in [0.15, 0.2) is 42.7 Å². The second kappa shape index (κ2) is 14.2. The first kappa shape index (κ1) is 37.9. The normalized spacial score (nSPS) is 28.5. The topological polar surface area (TPSA) is 202 Å². The van der Waals surface area contributed by atoms with E-state index in [1.165, 1.54) is 17.3 Å². The number of methoxy groups -OCH3 is 1. The summed E-state index contributed by atoms with van der Waals surface area (Å²) in [5.41, 5.74) is 0.328. The first-order valence-corrected chi connectivity index (χ1v) is 21.1. The molecule has 5 aliphatic rings. The van der Waals surface area contributed by atoms with E-state index in [1.54, 1.807) is 14.0 Å². The van der Waals surface area contributed by atoms with E-state index in [0.29, 0.717) is 62.9 Å². The molecule has 0 unspecified atom stereocenters. The molecule has 3 fully saturated rings. The number of hydrogen-bond acceptors (Lipinski definition) is 10. The van der Waals surface area contributed by atoms with Crippen molar-refractivity contribution < 1.29 is 37.1 Å². The number of carbonyl (C=O) groups is 4. The fourth-order valence-corrected chi connectivity index (χ4v) is 9.87. The molecule has 4 N–H and O–H groups in total. The molecule has 0 radical (unpaired) electrons. The predicted molar refractivity (Wildman–Crippen MR) is 205 cm³/mol. The second-order valence-electron chi connectivity index (χ2n) is 16.3. The number of pyridine rings is 1. The van der Waals surface area contributed by atoms with Crippen molar-refractivity contribution in [2.75, 3.05) is 13.7 Å². The zero-order chi connectivity index (χ0) is 39.5. The number of rotatable bonds is 7. The van der Waals surface area contributed by atoms with Crippen LogP contribution in [0.25, 0.3) is 10.9 Å². The molecule has 15 nitrogen and oxygen atoms in total. The highest BCUT2D eigenvalue weighted by Crippen LogP contribution is 2.49. The van der Waals surface area contributed by atoms with Gasteiger partial charge < -0.3 is 25.0 Å². The Morgan fingerprint density at radius 3 is 2.68 bits per heavy atom. The van der Waals surface area contributed by atoms with Gasteiger partial charge in [-0.3, -0.25) is 29.0 Å². The van der Waals surface area contributed by atoms with E-state index < -0.39 is 67.5 Å². The minimum Gasteiger partial charge on any atom is -0.497 e. The Kier molecular flexibility index (Phi) is 9.61. The molecule has 56 heavy (non-hydrogen) atoms. The zero-order valence-corrected chi connectivity index (χ0v) is 32.8. The molecular weight excluding hydrogens is 739 g/mol. The fraction of sp³-hybridized carbons (Fsp3) is 0.550. The van der Waals surface area contributed by atoms with Crippen LogP contribution in [0.3, 0.4) is 0 Å². The highest BCUT2D eigenvalue weighted by molar-refractivity contribution is 7.91. The number of benzene rings is 1. The van der Waals surface area contributed by atoms with Crippen molar-refractivity contribution in [3.63, 3.8) is 0 Å². The first-order valence-electron chi connectivity index (χ1n) is 19.6.